The third-order valence-corrected chi connectivity index (χ3v) is 6.45. The van der Waals surface area contributed by atoms with Gasteiger partial charge in [0.1, 0.15) is 0 Å². The van der Waals surface area contributed by atoms with Crippen LogP contribution in [0.5, 0.6) is 0 Å². The van der Waals surface area contributed by atoms with Crippen LogP contribution in [-0.4, -0.2) is 43.3 Å². The molecule has 0 aromatic heterocycles. The van der Waals surface area contributed by atoms with Crippen LogP contribution >= 0.6 is 0 Å². The summed E-state index contributed by atoms with van der Waals surface area (Å²) in [5, 5.41) is 0. The van der Waals surface area contributed by atoms with E-state index in [9.17, 15) is 13.2 Å². The highest BCUT2D eigenvalue weighted by atomic mass is 32.2. The summed E-state index contributed by atoms with van der Waals surface area (Å²) in [6.45, 7) is 7.39. The summed E-state index contributed by atoms with van der Waals surface area (Å²) in [5.41, 5.74) is 0.0951. The number of hydrogen-bond acceptors (Lipinski definition) is 3. The van der Waals surface area contributed by atoms with Crippen molar-refractivity contribution in [2.75, 3.05) is 18.1 Å². The molecule has 0 N–H and O–H groups in total. The summed E-state index contributed by atoms with van der Waals surface area (Å²) in [4.78, 5) is 14.6. The van der Waals surface area contributed by atoms with Crippen molar-refractivity contribution < 1.29 is 13.2 Å². The second-order valence-electron chi connectivity index (χ2n) is 7.44. The van der Waals surface area contributed by atoms with Gasteiger partial charge in [-0.05, 0) is 37.0 Å². The van der Waals surface area contributed by atoms with Crippen LogP contribution in [-0.2, 0) is 14.6 Å². The quantitative estimate of drug-likeness (QED) is 0.786. The second kappa shape index (κ2) is 5.66. The summed E-state index contributed by atoms with van der Waals surface area (Å²) >= 11 is 0. The maximum Gasteiger partial charge on any atom is 0.223 e. The molecule has 0 bridgehead atoms. The van der Waals surface area contributed by atoms with Crippen molar-refractivity contribution >= 4 is 15.7 Å². The molecular formula is C15H27NO3S. The van der Waals surface area contributed by atoms with Gasteiger partial charge in [-0.15, -0.1) is 0 Å². The number of piperidine rings is 1. The summed E-state index contributed by atoms with van der Waals surface area (Å²) < 4.78 is 23.0. The van der Waals surface area contributed by atoms with Gasteiger partial charge in [-0.1, -0.05) is 20.8 Å². The Morgan fingerprint density at radius 3 is 2.45 bits per heavy atom. The number of likely N-dealkylation sites (tertiary alicyclic amines) is 1. The summed E-state index contributed by atoms with van der Waals surface area (Å²) in [7, 11) is -2.88. The maximum atomic E-state index is 12.6. The highest BCUT2D eigenvalue weighted by Gasteiger charge is 2.37. The van der Waals surface area contributed by atoms with Gasteiger partial charge in [-0.3, -0.25) is 4.79 Å². The van der Waals surface area contributed by atoms with Crippen LogP contribution in [0.25, 0.3) is 0 Å². The number of amides is 1. The summed E-state index contributed by atoms with van der Waals surface area (Å²) in [6, 6.07) is 0.293. The summed E-state index contributed by atoms with van der Waals surface area (Å²) in [5.74, 6) is 0.655. The average molecular weight is 301 g/mol. The van der Waals surface area contributed by atoms with Gasteiger partial charge in [0, 0.05) is 19.0 Å². The Morgan fingerprint density at radius 1 is 1.20 bits per heavy atom. The lowest BCUT2D eigenvalue weighted by molar-refractivity contribution is -0.138. The van der Waals surface area contributed by atoms with Gasteiger partial charge >= 0.3 is 0 Å². The van der Waals surface area contributed by atoms with E-state index >= 15 is 0 Å². The molecule has 0 spiro atoms. The van der Waals surface area contributed by atoms with Crippen LogP contribution < -0.4 is 0 Å². The van der Waals surface area contributed by atoms with Crippen molar-refractivity contribution in [3.63, 3.8) is 0 Å². The highest BCUT2D eigenvalue weighted by molar-refractivity contribution is 7.91. The molecule has 116 valence electrons. The monoisotopic (exact) mass is 301 g/mol. The van der Waals surface area contributed by atoms with Crippen LogP contribution in [0.3, 0.4) is 0 Å². The number of rotatable bonds is 2. The maximum absolute atomic E-state index is 12.6. The molecule has 0 radical (unpaired) electrons. The number of carbonyl (C=O) groups excluding carboxylic acids is 1. The first-order valence-electron chi connectivity index (χ1n) is 7.69. The van der Waals surface area contributed by atoms with E-state index in [-0.39, 0.29) is 28.7 Å². The molecule has 2 rings (SSSR count). The van der Waals surface area contributed by atoms with Crippen molar-refractivity contribution in [2.45, 2.75) is 58.9 Å². The van der Waals surface area contributed by atoms with Gasteiger partial charge in [0.2, 0.25) is 5.91 Å². The third kappa shape index (κ3) is 3.74. The molecule has 2 unspecified atom stereocenters. The normalized spacial score (nSPS) is 30.4. The van der Waals surface area contributed by atoms with Gasteiger partial charge in [-0.2, -0.15) is 0 Å². The second-order valence-corrected chi connectivity index (χ2v) is 9.67. The SMILES string of the molecule is CC(C)(C)C1CCCCN1C(=O)CC1CCS(=O)(=O)C1. The minimum Gasteiger partial charge on any atom is -0.339 e. The highest BCUT2D eigenvalue weighted by Crippen LogP contribution is 2.33. The third-order valence-electron chi connectivity index (χ3n) is 4.61. The Balaban J connectivity index is 2.00. The topological polar surface area (TPSA) is 54.5 Å². The van der Waals surface area contributed by atoms with E-state index in [1.807, 2.05) is 4.90 Å². The number of hydrogen-bond donors (Lipinski definition) is 0. The Kier molecular flexibility index (Phi) is 4.47. The van der Waals surface area contributed by atoms with Crippen LogP contribution in [0, 0.1) is 11.3 Å². The average Bonchev–Trinajstić information content (AvgIpc) is 2.67. The van der Waals surface area contributed by atoms with Crippen LogP contribution in [0.4, 0.5) is 0 Å². The molecule has 2 aliphatic rings. The van der Waals surface area contributed by atoms with E-state index < -0.39 is 9.84 Å². The molecule has 0 aromatic rings. The molecule has 0 aliphatic carbocycles. The number of nitrogens with zero attached hydrogens (tertiary/aromatic N) is 1. The van der Waals surface area contributed by atoms with Gasteiger partial charge < -0.3 is 4.90 Å². The zero-order chi connectivity index (χ0) is 15.0. The van der Waals surface area contributed by atoms with E-state index in [1.165, 1.54) is 6.42 Å². The molecule has 2 aliphatic heterocycles. The molecule has 4 nitrogen and oxygen atoms in total. The van der Waals surface area contributed by atoms with Gasteiger partial charge in [0.05, 0.1) is 11.5 Å². The van der Waals surface area contributed by atoms with Crippen molar-refractivity contribution in [3.8, 4) is 0 Å². The minimum atomic E-state index is -2.88. The van der Waals surface area contributed by atoms with E-state index in [0.717, 1.165) is 19.4 Å². The van der Waals surface area contributed by atoms with Crippen LogP contribution in [0.1, 0.15) is 52.9 Å². The van der Waals surface area contributed by atoms with Gasteiger partial charge in [0.15, 0.2) is 9.84 Å². The Morgan fingerprint density at radius 2 is 1.90 bits per heavy atom. The zero-order valence-corrected chi connectivity index (χ0v) is 13.7. The fourth-order valence-corrected chi connectivity index (χ4v) is 5.39. The van der Waals surface area contributed by atoms with Crippen LogP contribution in [0.2, 0.25) is 0 Å². The molecular weight excluding hydrogens is 274 g/mol. The molecule has 0 saturated carbocycles. The van der Waals surface area contributed by atoms with E-state index in [4.69, 9.17) is 0 Å². The van der Waals surface area contributed by atoms with Crippen molar-refractivity contribution in [1.82, 2.24) is 4.90 Å². The standard InChI is InChI=1S/C15H27NO3S/c1-15(2,3)13-6-4-5-8-16(13)14(17)10-12-7-9-20(18,19)11-12/h12-13H,4-11H2,1-3H3. The van der Waals surface area contributed by atoms with Crippen LogP contribution in [0.15, 0.2) is 0 Å². The van der Waals surface area contributed by atoms with Crippen molar-refractivity contribution in [2.24, 2.45) is 11.3 Å². The van der Waals surface area contributed by atoms with Crippen molar-refractivity contribution in [3.05, 3.63) is 0 Å². The predicted molar refractivity (Wildman–Crippen MR) is 80.2 cm³/mol. The molecule has 0 aromatic carbocycles. The van der Waals surface area contributed by atoms with Gasteiger partial charge in [0.25, 0.3) is 0 Å². The first kappa shape index (κ1) is 15.8. The van der Waals surface area contributed by atoms with E-state index in [2.05, 4.69) is 20.8 Å². The molecule has 20 heavy (non-hydrogen) atoms. The van der Waals surface area contributed by atoms with E-state index in [0.29, 0.717) is 18.9 Å². The lowest BCUT2D eigenvalue weighted by Gasteiger charge is -2.43. The molecule has 2 saturated heterocycles. The Bertz CT molecular complexity index is 464. The number of sulfone groups is 1. The zero-order valence-electron chi connectivity index (χ0n) is 12.9. The largest absolute Gasteiger partial charge is 0.339 e. The minimum absolute atomic E-state index is 0.0371. The molecule has 2 atom stereocenters. The smallest absolute Gasteiger partial charge is 0.223 e. The fraction of sp³-hybridized carbons (Fsp3) is 0.933. The first-order chi connectivity index (χ1) is 9.19. The molecule has 2 heterocycles. The Labute approximate surface area is 122 Å². The fourth-order valence-electron chi connectivity index (χ4n) is 3.53. The molecule has 1 amide bonds. The molecule has 2 fully saturated rings. The molecule has 5 heteroatoms. The van der Waals surface area contributed by atoms with E-state index in [1.54, 1.807) is 0 Å². The predicted octanol–water partition coefficient (Wildman–Crippen LogP) is 2.24. The Hall–Kier alpha value is -0.580. The lowest BCUT2D eigenvalue weighted by Crippen LogP contribution is -2.50. The van der Waals surface area contributed by atoms with Gasteiger partial charge in [-0.25, -0.2) is 8.42 Å². The number of carbonyl (C=O) groups is 1. The first-order valence-corrected chi connectivity index (χ1v) is 9.51. The van der Waals surface area contributed by atoms with Crippen molar-refractivity contribution in [1.29, 1.82) is 0 Å². The summed E-state index contributed by atoms with van der Waals surface area (Å²) in [6.07, 6.45) is 4.39. The lowest BCUT2D eigenvalue weighted by atomic mass is 9.80.